The van der Waals surface area contributed by atoms with Crippen LogP contribution < -0.4 is 15.9 Å². The first kappa shape index (κ1) is 11.7. The fraction of sp³-hybridized carbons (Fsp3) is 0.500. The summed E-state index contributed by atoms with van der Waals surface area (Å²) < 4.78 is 0. The normalized spacial score (nSPS) is 33.8. The van der Waals surface area contributed by atoms with Crippen LogP contribution in [0.25, 0.3) is 10.8 Å². The molecule has 2 aromatic rings. The van der Waals surface area contributed by atoms with Crippen LogP contribution in [-0.2, 0) is 0 Å². The van der Waals surface area contributed by atoms with Gasteiger partial charge in [0.05, 0.1) is 23.7 Å². The highest BCUT2D eigenvalue weighted by Gasteiger charge is 2.55. The van der Waals surface area contributed by atoms with Crippen LogP contribution >= 0.6 is 0 Å². The topological polar surface area (TPSA) is 50.2 Å². The minimum absolute atomic E-state index is 0.0259. The van der Waals surface area contributed by atoms with E-state index in [-0.39, 0.29) is 5.56 Å². The molecule has 5 nitrogen and oxygen atoms in total. The van der Waals surface area contributed by atoms with E-state index in [1.54, 1.807) is 4.79 Å². The number of hydrogen-bond acceptors (Lipinski definition) is 4. The number of aromatic nitrogens is 2. The number of nitrogens with zero attached hydrogens (tertiary/aromatic N) is 3. The average molecular weight is 282 g/mol. The Morgan fingerprint density at radius 1 is 1.10 bits per heavy atom. The first-order chi connectivity index (χ1) is 10.3. The first-order valence-electron chi connectivity index (χ1n) is 7.81. The van der Waals surface area contributed by atoms with Crippen molar-refractivity contribution >= 4 is 10.8 Å². The highest BCUT2D eigenvalue weighted by molar-refractivity contribution is 5.80. The molecular weight excluding hydrogens is 264 g/mol. The van der Waals surface area contributed by atoms with Gasteiger partial charge in [-0.2, -0.15) is 5.10 Å². The van der Waals surface area contributed by atoms with Crippen LogP contribution in [0.2, 0.25) is 0 Å². The Balaban J connectivity index is 1.66. The highest BCUT2D eigenvalue weighted by Crippen LogP contribution is 2.45. The lowest BCUT2D eigenvalue weighted by atomic mass is 9.82. The van der Waals surface area contributed by atoms with Crippen molar-refractivity contribution in [1.29, 1.82) is 0 Å². The Morgan fingerprint density at radius 2 is 1.81 bits per heavy atom. The summed E-state index contributed by atoms with van der Waals surface area (Å²) in [4.78, 5) is 14.5. The largest absolute Gasteiger partial charge is 0.316 e. The quantitative estimate of drug-likeness (QED) is 0.837. The van der Waals surface area contributed by atoms with E-state index in [4.69, 9.17) is 0 Å². The van der Waals surface area contributed by atoms with Crippen LogP contribution in [0.3, 0.4) is 0 Å². The number of benzene rings is 1. The van der Waals surface area contributed by atoms with Crippen molar-refractivity contribution in [3.63, 3.8) is 0 Å². The van der Waals surface area contributed by atoms with E-state index in [1.165, 1.54) is 12.8 Å². The van der Waals surface area contributed by atoms with Crippen LogP contribution in [0.5, 0.6) is 0 Å². The summed E-state index contributed by atoms with van der Waals surface area (Å²) in [6.07, 6.45) is 4.20. The predicted molar refractivity (Wildman–Crippen MR) is 80.9 cm³/mol. The lowest BCUT2D eigenvalue weighted by molar-refractivity contribution is 0.354. The fourth-order valence-corrected chi connectivity index (χ4v) is 4.76. The van der Waals surface area contributed by atoms with Gasteiger partial charge in [0.15, 0.2) is 0 Å². The maximum Gasteiger partial charge on any atom is 0.293 e. The maximum absolute atomic E-state index is 12.8. The van der Waals surface area contributed by atoms with Gasteiger partial charge in [0.1, 0.15) is 0 Å². The second-order valence-electron chi connectivity index (χ2n) is 6.50. The molecule has 5 heteroatoms. The standard InChI is InChI=1S/C16H18N4O/c21-16-11-4-2-1-3-10(11)7-18-20(16)19-14-5-6-15(19)13-9-17-8-12(13)14/h1-4,7,12-15,17H,5-6,8-9H2/t12-,13+,14-,15+. The molecule has 3 saturated heterocycles. The second-order valence-corrected chi connectivity index (χ2v) is 6.50. The molecule has 0 saturated carbocycles. The molecule has 2 bridgehead atoms. The van der Waals surface area contributed by atoms with E-state index < -0.39 is 0 Å². The Labute approximate surface area is 122 Å². The van der Waals surface area contributed by atoms with Crippen LogP contribution in [0.4, 0.5) is 0 Å². The molecule has 21 heavy (non-hydrogen) atoms. The molecule has 4 heterocycles. The summed E-state index contributed by atoms with van der Waals surface area (Å²) in [5.41, 5.74) is 0.0259. The third kappa shape index (κ3) is 1.44. The van der Waals surface area contributed by atoms with Crippen molar-refractivity contribution in [2.45, 2.75) is 24.9 Å². The molecule has 1 aromatic heterocycles. The summed E-state index contributed by atoms with van der Waals surface area (Å²) in [5.74, 6) is 1.37. The van der Waals surface area contributed by atoms with Gasteiger partial charge in [-0.15, -0.1) is 4.79 Å². The van der Waals surface area contributed by atoms with Gasteiger partial charge in [-0.05, 0) is 30.7 Å². The van der Waals surface area contributed by atoms with Crippen molar-refractivity contribution < 1.29 is 0 Å². The zero-order chi connectivity index (χ0) is 14.0. The predicted octanol–water partition coefficient (Wildman–Crippen LogP) is 0.715. The Kier molecular flexibility index (Phi) is 2.28. The van der Waals surface area contributed by atoms with E-state index in [1.807, 2.05) is 30.5 Å². The minimum Gasteiger partial charge on any atom is -0.316 e. The molecule has 3 fully saturated rings. The van der Waals surface area contributed by atoms with Gasteiger partial charge in [-0.3, -0.25) is 9.80 Å². The van der Waals surface area contributed by atoms with Gasteiger partial charge < -0.3 is 5.32 Å². The van der Waals surface area contributed by atoms with Crippen LogP contribution in [0.1, 0.15) is 12.8 Å². The van der Waals surface area contributed by atoms with Crippen molar-refractivity contribution in [3.05, 3.63) is 40.8 Å². The second kappa shape index (κ2) is 4.07. The molecule has 4 atom stereocenters. The fourth-order valence-electron chi connectivity index (χ4n) is 4.76. The highest BCUT2D eigenvalue weighted by atomic mass is 16.1. The first-order valence-corrected chi connectivity index (χ1v) is 7.81. The molecule has 0 aliphatic carbocycles. The van der Waals surface area contributed by atoms with Crippen molar-refractivity contribution in [2.24, 2.45) is 11.8 Å². The lowest BCUT2D eigenvalue weighted by Crippen LogP contribution is -2.49. The van der Waals surface area contributed by atoms with Crippen LogP contribution in [-0.4, -0.2) is 35.1 Å². The monoisotopic (exact) mass is 282 g/mol. The van der Waals surface area contributed by atoms with Gasteiger partial charge in [0.2, 0.25) is 0 Å². The van der Waals surface area contributed by atoms with E-state index in [9.17, 15) is 4.79 Å². The smallest absolute Gasteiger partial charge is 0.293 e. The van der Waals surface area contributed by atoms with Gasteiger partial charge >= 0.3 is 0 Å². The molecule has 108 valence electrons. The van der Waals surface area contributed by atoms with E-state index in [0.717, 1.165) is 23.9 Å². The zero-order valence-corrected chi connectivity index (χ0v) is 11.8. The molecule has 5 rings (SSSR count). The third-order valence-corrected chi connectivity index (χ3v) is 5.63. The molecule has 0 radical (unpaired) electrons. The third-order valence-electron chi connectivity index (χ3n) is 5.63. The van der Waals surface area contributed by atoms with Crippen molar-refractivity contribution in [2.75, 3.05) is 18.1 Å². The summed E-state index contributed by atoms with van der Waals surface area (Å²) in [6, 6.07) is 8.67. The SMILES string of the molecule is O=c1c2ccccc2cnn1N1[C@@H]2CC[C@H]1[C@H]1CNC[C@H]12. The summed E-state index contributed by atoms with van der Waals surface area (Å²) in [5, 5.41) is 11.9. The molecule has 3 aliphatic rings. The van der Waals surface area contributed by atoms with Gasteiger partial charge in [-0.1, -0.05) is 18.2 Å². The number of nitrogens with one attached hydrogen (secondary N) is 1. The van der Waals surface area contributed by atoms with E-state index in [2.05, 4.69) is 15.4 Å². The minimum atomic E-state index is 0.0259. The summed E-state index contributed by atoms with van der Waals surface area (Å²) >= 11 is 0. The maximum atomic E-state index is 12.8. The van der Waals surface area contributed by atoms with Crippen molar-refractivity contribution in [1.82, 2.24) is 15.2 Å². The van der Waals surface area contributed by atoms with E-state index in [0.29, 0.717) is 23.9 Å². The zero-order valence-electron chi connectivity index (χ0n) is 11.8. The van der Waals surface area contributed by atoms with Gasteiger partial charge in [0.25, 0.3) is 5.56 Å². The molecule has 1 N–H and O–H groups in total. The molecule has 1 aromatic carbocycles. The van der Waals surface area contributed by atoms with E-state index >= 15 is 0 Å². The lowest BCUT2D eigenvalue weighted by Gasteiger charge is -2.27. The van der Waals surface area contributed by atoms with Crippen molar-refractivity contribution in [3.8, 4) is 0 Å². The number of rotatable bonds is 1. The summed E-state index contributed by atoms with van der Waals surface area (Å²) in [6.45, 7) is 2.18. The molecule has 3 aliphatic heterocycles. The summed E-state index contributed by atoms with van der Waals surface area (Å²) in [7, 11) is 0. The Bertz CT molecular complexity index is 752. The van der Waals surface area contributed by atoms with Crippen LogP contribution in [0.15, 0.2) is 35.3 Å². The van der Waals surface area contributed by atoms with Gasteiger partial charge in [-0.25, -0.2) is 0 Å². The molecular formula is C16H18N4O. The number of hydrogen-bond donors (Lipinski definition) is 1. The van der Waals surface area contributed by atoms with Crippen LogP contribution in [0, 0.1) is 11.8 Å². The number of fused-ring (bicyclic) bond motifs is 6. The molecule has 0 spiro atoms. The Morgan fingerprint density at radius 3 is 2.57 bits per heavy atom. The molecule has 0 amide bonds. The van der Waals surface area contributed by atoms with Gasteiger partial charge in [0, 0.05) is 18.5 Å². The molecule has 0 unspecified atom stereocenters. The Hall–Kier alpha value is -1.88. The average Bonchev–Trinajstić information content (AvgIpc) is 3.20.